The van der Waals surface area contributed by atoms with Crippen molar-refractivity contribution >= 4 is 21.6 Å². The van der Waals surface area contributed by atoms with Crippen molar-refractivity contribution in [2.45, 2.75) is 31.3 Å². The molecule has 1 aromatic carbocycles. The van der Waals surface area contributed by atoms with Crippen LogP contribution in [0.15, 0.2) is 35.4 Å². The van der Waals surface area contributed by atoms with Crippen molar-refractivity contribution in [2.75, 3.05) is 39.5 Å². The summed E-state index contributed by atoms with van der Waals surface area (Å²) in [6.45, 7) is 4.30. The van der Waals surface area contributed by atoms with Crippen LogP contribution in [0.4, 0.5) is 4.39 Å². The molecule has 170 valence electrons. The maximum Gasteiger partial charge on any atom is 0.275 e. The monoisotopic (exact) mass is 459 g/mol. The summed E-state index contributed by atoms with van der Waals surface area (Å²) in [6.07, 6.45) is 4.78. The Morgan fingerprint density at radius 1 is 1.22 bits per heavy atom. The Balaban J connectivity index is 1.37. The average molecular weight is 460 g/mol. The lowest BCUT2D eigenvalue weighted by Crippen LogP contribution is -2.32. The minimum Gasteiger partial charge on any atom is -0.489 e. The third kappa shape index (κ3) is 4.17. The van der Waals surface area contributed by atoms with E-state index in [0.717, 1.165) is 19.6 Å². The van der Waals surface area contributed by atoms with Gasteiger partial charge in [0, 0.05) is 43.5 Å². The van der Waals surface area contributed by atoms with Gasteiger partial charge >= 0.3 is 0 Å². The normalized spacial score (nSPS) is 18.9. The Hall–Kier alpha value is -2.33. The summed E-state index contributed by atoms with van der Waals surface area (Å²) in [5.74, 6) is -0.338. The van der Waals surface area contributed by atoms with Gasteiger partial charge in [-0.2, -0.15) is 0 Å². The predicted molar refractivity (Wildman–Crippen MR) is 120 cm³/mol. The number of likely N-dealkylation sites (tertiary alicyclic amines) is 1. The van der Waals surface area contributed by atoms with Crippen molar-refractivity contribution in [1.29, 1.82) is 0 Å². The molecule has 0 aliphatic carbocycles. The highest BCUT2D eigenvalue weighted by Crippen LogP contribution is 2.37. The number of aliphatic hydroxyl groups is 1. The summed E-state index contributed by atoms with van der Waals surface area (Å²) in [4.78, 5) is 20.5. The summed E-state index contributed by atoms with van der Waals surface area (Å²) < 4.78 is 27.4. The van der Waals surface area contributed by atoms with E-state index in [-0.39, 0.29) is 11.3 Å². The molecule has 9 heteroatoms. The highest BCUT2D eigenvalue weighted by Gasteiger charge is 2.34. The minimum atomic E-state index is -0.999. The summed E-state index contributed by atoms with van der Waals surface area (Å²) in [5, 5.41) is 11.0. The minimum absolute atomic E-state index is 0.176. The zero-order valence-electron chi connectivity index (χ0n) is 17.8. The molecule has 2 aliphatic rings. The molecule has 0 amide bonds. The zero-order chi connectivity index (χ0) is 22.1. The lowest BCUT2D eigenvalue weighted by atomic mass is 9.93. The molecule has 0 spiro atoms. The van der Waals surface area contributed by atoms with Crippen LogP contribution >= 0.6 is 11.3 Å². The van der Waals surface area contributed by atoms with E-state index in [9.17, 15) is 14.3 Å². The van der Waals surface area contributed by atoms with Crippen LogP contribution in [0.1, 0.15) is 30.6 Å². The standard InChI is InChI=1S/C23H26FN3O4S/c24-17-13-16(3-4-19(17)31-12-9-26-7-1-2-8-26)27-15-25-18-14-20(32-21(18)22(27)28)23(29)5-10-30-11-6-23/h3-4,13-15,29H,1-2,5-12H2. The summed E-state index contributed by atoms with van der Waals surface area (Å²) >= 11 is 1.24. The number of benzene rings is 1. The molecular weight excluding hydrogens is 433 g/mol. The highest BCUT2D eigenvalue weighted by atomic mass is 32.1. The first-order chi connectivity index (χ1) is 15.5. The molecule has 0 saturated carbocycles. The number of aromatic nitrogens is 2. The highest BCUT2D eigenvalue weighted by molar-refractivity contribution is 7.19. The van der Waals surface area contributed by atoms with Crippen molar-refractivity contribution in [3.63, 3.8) is 0 Å². The Morgan fingerprint density at radius 2 is 2.00 bits per heavy atom. The molecular formula is C23H26FN3O4S. The van der Waals surface area contributed by atoms with Crippen molar-refractivity contribution in [2.24, 2.45) is 0 Å². The number of nitrogens with zero attached hydrogens (tertiary/aromatic N) is 3. The van der Waals surface area contributed by atoms with Gasteiger partial charge in [-0.05, 0) is 44.1 Å². The zero-order valence-corrected chi connectivity index (χ0v) is 18.6. The smallest absolute Gasteiger partial charge is 0.275 e. The van der Waals surface area contributed by atoms with E-state index >= 15 is 0 Å². The van der Waals surface area contributed by atoms with E-state index in [1.54, 1.807) is 18.2 Å². The van der Waals surface area contributed by atoms with Gasteiger partial charge in [-0.3, -0.25) is 14.3 Å². The maximum atomic E-state index is 14.7. The third-order valence-electron chi connectivity index (χ3n) is 6.27. The molecule has 0 radical (unpaired) electrons. The van der Waals surface area contributed by atoms with Gasteiger partial charge in [-0.15, -0.1) is 11.3 Å². The largest absolute Gasteiger partial charge is 0.489 e. The lowest BCUT2D eigenvalue weighted by Gasteiger charge is -2.30. The van der Waals surface area contributed by atoms with Gasteiger partial charge in [0.15, 0.2) is 11.6 Å². The SMILES string of the molecule is O=c1c2sc(C3(O)CCOCC3)cc2ncn1-c1ccc(OCCN2CCCC2)c(F)c1. The molecule has 2 aromatic heterocycles. The van der Waals surface area contributed by atoms with Crippen LogP contribution in [0.3, 0.4) is 0 Å². The van der Waals surface area contributed by atoms with Crippen LogP contribution in [0, 0.1) is 5.82 Å². The molecule has 7 nitrogen and oxygen atoms in total. The third-order valence-corrected chi connectivity index (χ3v) is 7.58. The van der Waals surface area contributed by atoms with Crippen molar-refractivity contribution in [1.82, 2.24) is 14.5 Å². The molecule has 1 N–H and O–H groups in total. The van der Waals surface area contributed by atoms with E-state index in [1.165, 1.54) is 41.1 Å². The van der Waals surface area contributed by atoms with Crippen LogP contribution in [0.5, 0.6) is 5.75 Å². The number of ether oxygens (including phenoxy) is 2. The Labute approximate surface area is 189 Å². The van der Waals surface area contributed by atoms with E-state index < -0.39 is 11.4 Å². The van der Waals surface area contributed by atoms with E-state index in [1.807, 2.05) is 0 Å². The second kappa shape index (κ2) is 8.90. The summed E-state index contributed by atoms with van der Waals surface area (Å²) in [5.41, 5.74) is -0.368. The predicted octanol–water partition coefficient (Wildman–Crippen LogP) is 3.06. The first-order valence-electron chi connectivity index (χ1n) is 11.0. The van der Waals surface area contributed by atoms with E-state index in [4.69, 9.17) is 9.47 Å². The number of fused-ring (bicyclic) bond motifs is 1. The van der Waals surface area contributed by atoms with Gasteiger partial charge in [0.05, 0.1) is 11.2 Å². The van der Waals surface area contributed by atoms with Crippen LogP contribution in [0.2, 0.25) is 0 Å². The molecule has 5 rings (SSSR count). The van der Waals surface area contributed by atoms with Crippen LogP contribution in [-0.2, 0) is 10.3 Å². The van der Waals surface area contributed by atoms with E-state index in [2.05, 4.69) is 9.88 Å². The van der Waals surface area contributed by atoms with Crippen LogP contribution in [0.25, 0.3) is 15.9 Å². The fraction of sp³-hybridized carbons (Fsp3) is 0.478. The molecule has 0 atom stereocenters. The second-order valence-electron chi connectivity index (χ2n) is 8.40. The summed E-state index contributed by atoms with van der Waals surface area (Å²) in [6, 6.07) is 6.27. The fourth-order valence-corrected chi connectivity index (χ4v) is 5.52. The Bertz CT molecular complexity index is 1170. The van der Waals surface area contributed by atoms with E-state index in [0.29, 0.717) is 53.4 Å². The quantitative estimate of drug-likeness (QED) is 0.611. The molecule has 4 heterocycles. The van der Waals surface area contributed by atoms with Crippen molar-refractivity contribution in [3.05, 3.63) is 51.6 Å². The molecule has 0 unspecified atom stereocenters. The summed E-state index contributed by atoms with van der Waals surface area (Å²) in [7, 11) is 0. The molecule has 2 fully saturated rings. The molecule has 32 heavy (non-hydrogen) atoms. The number of rotatable bonds is 6. The molecule has 3 aromatic rings. The first kappa shape index (κ1) is 21.5. The molecule has 0 bridgehead atoms. The van der Waals surface area contributed by atoms with Gasteiger partial charge < -0.3 is 14.6 Å². The number of hydrogen-bond acceptors (Lipinski definition) is 7. The average Bonchev–Trinajstić information content (AvgIpc) is 3.46. The van der Waals surface area contributed by atoms with Gasteiger partial charge in [0.1, 0.15) is 23.2 Å². The Morgan fingerprint density at radius 3 is 2.75 bits per heavy atom. The topological polar surface area (TPSA) is 76.8 Å². The molecule has 2 saturated heterocycles. The van der Waals surface area contributed by atoms with Crippen molar-refractivity contribution in [3.8, 4) is 11.4 Å². The second-order valence-corrected chi connectivity index (χ2v) is 9.45. The van der Waals surface area contributed by atoms with Crippen LogP contribution in [-0.4, -0.2) is 59.0 Å². The Kier molecular flexibility index (Phi) is 5.98. The van der Waals surface area contributed by atoms with Gasteiger partial charge in [0.25, 0.3) is 5.56 Å². The number of hydrogen-bond donors (Lipinski definition) is 1. The first-order valence-corrected chi connectivity index (χ1v) is 11.8. The van der Waals surface area contributed by atoms with Gasteiger partial charge in [-0.1, -0.05) is 0 Å². The van der Waals surface area contributed by atoms with Crippen molar-refractivity contribution < 1.29 is 19.0 Å². The molecule has 2 aliphatic heterocycles. The number of halogens is 1. The lowest BCUT2D eigenvalue weighted by molar-refractivity contribution is -0.0655. The van der Waals surface area contributed by atoms with Crippen LogP contribution < -0.4 is 10.3 Å². The number of thiophene rings is 1. The van der Waals surface area contributed by atoms with Gasteiger partial charge in [-0.25, -0.2) is 9.37 Å². The fourth-order valence-electron chi connectivity index (χ4n) is 4.33. The van der Waals surface area contributed by atoms with Gasteiger partial charge in [0.2, 0.25) is 0 Å². The maximum absolute atomic E-state index is 14.7.